The number of non-ortho nitro benzene ring substituents is 1. The van der Waals surface area contributed by atoms with Crippen molar-refractivity contribution in [3.05, 3.63) is 98.7 Å². The van der Waals surface area contributed by atoms with Gasteiger partial charge in [0.25, 0.3) is 11.2 Å². The molecule has 0 unspecified atom stereocenters. The molecule has 4 aromatic rings. The van der Waals surface area contributed by atoms with Crippen molar-refractivity contribution < 1.29 is 9.34 Å². The molecular formula is C23H20N6O4S. The minimum absolute atomic E-state index is 0.00600. The van der Waals surface area contributed by atoms with Gasteiger partial charge < -0.3 is 9.73 Å². The topological polar surface area (TPSA) is 120 Å². The molecule has 0 amide bonds. The van der Waals surface area contributed by atoms with Crippen molar-refractivity contribution in [2.75, 3.05) is 5.32 Å². The van der Waals surface area contributed by atoms with Gasteiger partial charge in [0.2, 0.25) is 0 Å². The second-order valence-corrected chi connectivity index (χ2v) is 7.67. The lowest BCUT2D eigenvalue weighted by atomic mass is 10.1. The van der Waals surface area contributed by atoms with Crippen LogP contribution in [0.4, 0.5) is 11.4 Å². The van der Waals surface area contributed by atoms with E-state index in [9.17, 15) is 14.9 Å². The minimum atomic E-state index is -0.458. The Morgan fingerprint density at radius 2 is 1.82 bits per heavy atom. The van der Waals surface area contributed by atoms with Crippen LogP contribution in [0.1, 0.15) is 11.5 Å². The highest BCUT2D eigenvalue weighted by atomic mass is 32.1. The zero-order valence-electron chi connectivity index (χ0n) is 18.3. The Balaban J connectivity index is 1.42. The number of aromatic nitrogens is 2. The second kappa shape index (κ2) is 9.55. The number of anilines is 1. The Hall–Kier alpha value is -4.51. The first-order chi connectivity index (χ1) is 16.3. The van der Waals surface area contributed by atoms with E-state index < -0.39 is 4.92 Å². The lowest BCUT2D eigenvalue weighted by Crippen LogP contribution is -2.28. The van der Waals surface area contributed by atoms with Gasteiger partial charge in [-0.2, -0.15) is 5.10 Å². The van der Waals surface area contributed by atoms with Crippen molar-refractivity contribution in [3.8, 4) is 17.0 Å². The minimum Gasteiger partial charge on any atom is -0.455 e. The zero-order valence-corrected chi connectivity index (χ0v) is 19.1. The summed E-state index contributed by atoms with van der Waals surface area (Å²) in [4.78, 5) is 23.3. The zero-order chi connectivity index (χ0) is 24.2. The second-order valence-electron chi connectivity index (χ2n) is 7.27. The number of hydrazone groups is 1. The first-order valence-corrected chi connectivity index (χ1v) is 10.5. The van der Waals surface area contributed by atoms with Crippen molar-refractivity contribution in [2.24, 2.45) is 12.1 Å². The first-order valence-electron chi connectivity index (χ1n) is 10.1. The summed E-state index contributed by atoms with van der Waals surface area (Å²) >= 11 is 5.28. The van der Waals surface area contributed by atoms with Gasteiger partial charge in [0.1, 0.15) is 17.2 Å². The van der Waals surface area contributed by atoms with Gasteiger partial charge in [0, 0.05) is 24.7 Å². The third kappa shape index (κ3) is 4.64. The molecule has 2 heterocycles. The predicted molar refractivity (Wildman–Crippen MR) is 133 cm³/mol. The van der Waals surface area contributed by atoms with Crippen LogP contribution in [0.15, 0.2) is 81.0 Å². The number of hydrogen-bond donors (Lipinski definition) is 2. The maximum atomic E-state index is 12.9. The summed E-state index contributed by atoms with van der Waals surface area (Å²) in [5, 5.41) is 17.9. The van der Waals surface area contributed by atoms with Gasteiger partial charge in [0.05, 0.1) is 22.5 Å². The molecule has 2 aromatic carbocycles. The highest BCUT2D eigenvalue weighted by molar-refractivity contribution is 7.80. The van der Waals surface area contributed by atoms with Crippen LogP contribution in [-0.2, 0) is 7.05 Å². The monoisotopic (exact) mass is 476 g/mol. The number of rotatable bonds is 6. The van der Waals surface area contributed by atoms with Crippen LogP contribution in [-0.4, -0.2) is 25.6 Å². The van der Waals surface area contributed by atoms with Crippen LogP contribution in [0.2, 0.25) is 0 Å². The van der Waals surface area contributed by atoms with Gasteiger partial charge in [-0.3, -0.25) is 25.0 Å². The molecule has 0 aliphatic heterocycles. The van der Waals surface area contributed by atoms with E-state index in [-0.39, 0.29) is 16.4 Å². The molecule has 0 fully saturated rings. The van der Waals surface area contributed by atoms with Crippen LogP contribution in [0.5, 0.6) is 0 Å². The molecule has 2 N–H and O–H groups in total. The molecule has 10 nitrogen and oxygen atoms in total. The quantitative estimate of drug-likeness (QED) is 0.187. The van der Waals surface area contributed by atoms with Gasteiger partial charge in [-0.1, -0.05) is 18.2 Å². The molecule has 2 aromatic heterocycles. The van der Waals surface area contributed by atoms with E-state index >= 15 is 0 Å². The number of nitrogens with one attached hydrogen (secondary N) is 2. The molecule has 11 heteroatoms. The lowest BCUT2D eigenvalue weighted by Gasteiger charge is -2.07. The fourth-order valence-corrected chi connectivity index (χ4v) is 3.49. The van der Waals surface area contributed by atoms with Crippen LogP contribution in [0, 0.1) is 17.0 Å². The van der Waals surface area contributed by atoms with E-state index in [4.69, 9.17) is 16.6 Å². The van der Waals surface area contributed by atoms with Gasteiger partial charge >= 0.3 is 0 Å². The lowest BCUT2D eigenvalue weighted by molar-refractivity contribution is -0.384. The number of para-hydroxylation sites is 1. The SMILES string of the molecule is Cc1c(NC(=S)N/N=C\c2ccc(-c3ccc([N+](=O)[O-])cc3)o2)c(=O)n(-c2ccccc2)n1C. The third-order valence-corrected chi connectivity index (χ3v) is 5.33. The smallest absolute Gasteiger partial charge is 0.295 e. The van der Waals surface area contributed by atoms with Gasteiger partial charge in [-0.15, -0.1) is 0 Å². The molecule has 34 heavy (non-hydrogen) atoms. The molecule has 0 saturated carbocycles. The summed E-state index contributed by atoms with van der Waals surface area (Å²) in [6, 6.07) is 18.8. The van der Waals surface area contributed by atoms with E-state index in [1.165, 1.54) is 18.3 Å². The molecule has 0 bridgehead atoms. The average Bonchev–Trinajstić information content (AvgIpc) is 3.39. The Kier molecular flexibility index (Phi) is 6.37. The Morgan fingerprint density at radius 3 is 2.50 bits per heavy atom. The van der Waals surface area contributed by atoms with Crippen LogP contribution >= 0.6 is 12.2 Å². The molecule has 4 rings (SSSR count). The highest BCUT2D eigenvalue weighted by Crippen LogP contribution is 2.24. The number of nitrogens with zero attached hydrogens (tertiary/aromatic N) is 4. The first kappa shape index (κ1) is 22.7. The summed E-state index contributed by atoms with van der Waals surface area (Å²) in [5.74, 6) is 0.990. The molecular weight excluding hydrogens is 456 g/mol. The number of nitro groups is 1. The van der Waals surface area contributed by atoms with Gasteiger partial charge in [-0.25, -0.2) is 4.68 Å². The van der Waals surface area contributed by atoms with Gasteiger partial charge in [0.15, 0.2) is 5.11 Å². The number of furan rings is 1. The normalized spacial score (nSPS) is 11.0. The van der Waals surface area contributed by atoms with Gasteiger partial charge in [-0.05, 0) is 55.5 Å². The fourth-order valence-electron chi connectivity index (χ4n) is 3.33. The Bertz CT molecular complexity index is 1430. The standard InChI is InChI=1S/C23H20N6O4S/c1-15-21(22(30)28(27(15)2)17-6-4-3-5-7-17)25-23(34)26-24-14-19-12-13-20(33-19)16-8-10-18(11-9-16)29(31)32/h3-14H,1-2H3,(H2,25,26,34)/b24-14-. The van der Waals surface area contributed by atoms with E-state index in [0.717, 1.165) is 5.69 Å². The van der Waals surface area contributed by atoms with E-state index in [1.807, 2.05) is 37.3 Å². The molecule has 0 radical (unpaired) electrons. The number of nitro benzene ring substituents is 1. The van der Waals surface area contributed by atoms with E-state index in [2.05, 4.69) is 15.8 Å². The highest BCUT2D eigenvalue weighted by Gasteiger charge is 2.16. The summed E-state index contributed by atoms with van der Waals surface area (Å²) in [6.45, 7) is 1.82. The summed E-state index contributed by atoms with van der Waals surface area (Å²) in [5.41, 5.74) is 4.93. The maximum Gasteiger partial charge on any atom is 0.295 e. The van der Waals surface area contributed by atoms with Crippen molar-refractivity contribution in [1.82, 2.24) is 14.8 Å². The fraction of sp³-hybridized carbons (Fsp3) is 0.0870. The Labute approximate surface area is 199 Å². The summed E-state index contributed by atoms with van der Waals surface area (Å²) < 4.78 is 8.99. The van der Waals surface area contributed by atoms with Crippen molar-refractivity contribution in [2.45, 2.75) is 6.92 Å². The van der Waals surface area contributed by atoms with Crippen LogP contribution < -0.4 is 16.3 Å². The molecule has 0 spiro atoms. The molecule has 0 saturated heterocycles. The van der Waals surface area contributed by atoms with Crippen molar-refractivity contribution in [3.63, 3.8) is 0 Å². The van der Waals surface area contributed by atoms with Crippen molar-refractivity contribution in [1.29, 1.82) is 0 Å². The molecule has 0 aliphatic carbocycles. The van der Waals surface area contributed by atoms with Crippen LogP contribution in [0.3, 0.4) is 0 Å². The number of thiocarbonyl (C=S) groups is 1. The largest absolute Gasteiger partial charge is 0.455 e. The summed E-state index contributed by atoms with van der Waals surface area (Å²) in [6.07, 6.45) is 1.43. The molecule has 0 atom stereocenters. The average molecular weight is 477 g/mol. The summed E-state index contributed by atoms with van der Waals surface area (Å²) in [7, 11) is 1.79. The molecule has 172 valence electrons. The van der Waals surface area contributed by atoms with E-state index in [0.29, 0.717) is 28.5 Å². The van der Waals surface area contributed by atoms with Crippen molar-refractivity contribution >= 4 is 34.9 Å². The van der Waals surface area contributed by atoms with Crippen LogP contribution in [0.25, 0.3) is 17.0 Å². The number of benzene rings is 2. The third-order valence-electron chi connectivity index (χ3n) is 5.14. The van der Waals surface area contributed by atoms with E-state index in [1.54, 1.807) is 40.7 Å². The molecule has 0 aliphatic rings. The maximum absolute atomic E-state index is 12.9. The predicted octanol–water partition coefficient (Wildman–Crippen LogP) is 3.97. The Morgan fingerprint density at radius 1 is 1.12 bits per heavy atom. The number of hydrogen-bond acceptors (Lipinski definition) is 6.